The molecule has 0 radical (unpaired) electrons. The van der Waals surface area contributed by atoms with Crippen LogP contribution in [0.3, 0.4) is 0 Å². The van der Waals surface area contributed by atoms with Crippen LogP contribution in [0.4, 0.5) is 0 Å². The Balaban J connectivity index is 2.07. The highest BCUT2D eigenvalue weighted by molar-refractivity contribution is 8.00. The van der Waals surface area contributed by atoms with Crippen molar-refractivity contribution in [3.8, 4) is 0 Å². The number of carbonyl (C=O) groups is 1. The van der Waals surface area contributed by atoms with Crippen molar-refractivity contribution in [2.45, 2.75) is 11.7 Å². The standard InChI is InChI=1S/C6H10O3S/c7-6(8)4-10-5-1-2-9-3-5/h5H,1-4H2,(H,7,8)/t5-/m1/s1. The normalized spacial score (nSPS) is 25.0. The zero-order valence-electron chi connectivity index (χ0n) is 5.58. The van der Waals surface area contributed by atoms with Gasteiger partial charge in [0.25, 0.3) is 0 Å². The minimum absolute atomic E-state index is 0.202. The molecule has 1 N–H and O–H groups in total. The molecule has 0 aliphatic carbocycles. The molecule has 10 heavy (non-hydrogen) atoms. The lowest BCUT2D eigenvalue weighted by atomic mass is 10.4. The van der Waals surface area contributed by atoms with Crippen molar-refractivity contribution in [2.75, 3.05) is 19.0 Å². The molecule has 58 valence electrons. The molecule has 0 aromatic carbocycles. The third kappa shape index (κ3) is 2.58. The van der Waals surface area contributed by atoms with Gasteiger partial charge < -0.3 is 9.84 Å². The Morgan fingerprint density at radius 3 is 3.10 bits per heavy atom. The lowest BCUT2D eigenvalue weighted by Gasteiger charge is -2.02. The summed E-state index contributed by atoms with van der Waals surface area (Å²) in [5.41, 5.74) is 0. The van der Waals surface area contributed by atoms with Gasteiger partial charge in [-0.05, 0) is 6.42 Å². The van der Waals surface area contributed by atoms with Crippen molar-refractivity contribution in [3.05, 3.63) is 0 Å². The minimum atomic E-state index is -0.739. The van der Waals surface area contributed by atoms with Gasteiger partial charge in [0.15, 0.2) is 0 Å². The van der Waals surface area contributed by atoms with Gasteiger partial charge in [-0.2, -0.15) is 0 Å². The fraction of sp³-hybridized carbons (Fsp3) is 0.833. The van der Waals surface area contributed by atoms with E-state index in [0.717, 1.165) is 19.6 Å². The minimum Gasteiger partial charge on any atom is -0.481 e. The number of carboxylic acids is 1. The molecule has 1 saturated heterocycles. The van der Waals surface area contributed by atoms with E-state index in [9.17, 15) is 4.79 Å². The molecule has 1 fully saturated rings. The maximum Gasteiger partial charge on any atom is 0.313 e. The number of thioether (sulfide) groups is 1. The highest BCUT2D eigenvalue weighted by Crippen LogP contribution is 2.19. The SMILES string of the molecule is O=C(O)CS[C@@H]1CCOC1. The zero-order valence-corrected chi connectivity index (χ0v) is 6.39. The molecule has 0 unspecified atom stereocenters. The molecular formula is C6H10O3S. The van der Waals surface area contributed by atoms with E-state index in [4.69, 9.17) is 9.84 Å². The second-order valence-electron chi connectivity index (χ2n) is 2.19. The van der Waals surface area contributed by atoms with Gasteiger partial charge in [0, 0.05) is 11.9 Å². The van der Waals surface area contributed by atoms with Crippen LogP contribution in [0.2, 0.25) is 0 Å². The number of ether oxygens (including phenoxy) is 1. The maximum atomic E-state index is 10.1. The Bertz CT molecular complexity index is 120. The Kier molecular flexibility index (Phi) is 3.02. The molecule has 4 heteroatoms. The fourth-order valence-electron chi connectivity index (χ4n) is 0.833. The third-order valence-electron chi connectivity index (χ3n) is 1.33. The van der Waals surface area contributed by atoms with Crippen LogP contribution < -0.4 is 0 Å². The maximum absolute atomic E-state index is 10.1. The van der Waals surface area contributed by atoms with Crippen LogP contribution in [-0.4, -0.2) is 35.3 Å². The summed E-state index contributed by atoms with van der Waals surface area (Å²) < 4.78 is 5.08. The molecule has 0 aromatic rings. The van der Waals surface area contributed by atoms with E-state index >= 15 is 0 Å². The topological polar surface area (TPSA) is 46.5 Å². The summed E-state index contributed by atoms with van der Waals surface area (Å²) in [5.74, 6) is -0.537. The van der Waals surface area contributed by atoms with Crippen LogP contribution in [0.25, 0.3) is 0 Å². The average Bonchev–Trinajstić information content (AvgIpc) is 2.34. The molecule has 0 amide bonds. The molecule has 1 aliphatic rings. The summed E-state index contributed by atoms with van der Waals surface area (Å²) in [4.78, 5) is 10.1. The Morgan fingerprint density at radius 2 is 2.60 bits per heavy atom. The van der Waals surface area contributed by atoms with Gasteiger partial charge in [0.2, 0.25) is 0 Å². The number of hydrogen-bond acceptors (Lipinski definition) is 3. The second-order valence-corrected chi connectivity index (χ2v) is 3.48. The van der Waals surface area contributed by atoms with E-state index in [1.807, 2.05) is 0 Å². The molecule has 0 bridgehead atoms. The van der Waals surface area contributed by atoms with E-state index in [1.54, 1.807) is 0 Å². The van der Waals surface area contributed by atoms with Crippen molar-refractivity contribution in [2.24, 2.45) is 0 Å². The predicted molar refractivity (Wildman–Crippen MR) is 39.3 cm³/mol. The highest BCUT2D eigenvalue weighted by atomic mass is 32.2. The van der Waals surface area contributed by atoms with E-state index in [1.165, 1.54) is 11.8 Å². The lowest BCUT2D eigenvalue weighted by molar-refractivity contribution is -0.133. The number of carboxylic acid groups (broad SMARTS) is 1. The van der Waals surface area contributed by atoms with E-state index in [0.29, 0.717) is 5.25 Å². The highest BCUT2D eigenvalue weighted by Gasteiger charge is 2.16. The molecule has 1 aliphatic heterocycles. The Hall–Kier alpha value is -0.220. The van der Waals surface area contributed by atoms with Gasteiger partial charge in [-0.3, -0.25) is 4.79 Å². The predicted octanol–water partition coefficient (Wildman–Crippen LogP) is 0.593. The van der Waals surface area contributed by atoms with Gasteiger partial charge in [-0.25, -0.2) is 0 Å². The molecule has 0 spiro atoms. The van der Waals surface area contributed by atoms with Crippen LogP contribution in [0.15, 0.2) is 0 Å². The van der Waals surface area contributed by atoms with Gasteiger partial charge in [0.05, 0.1) is 12.4 Å². The monoisotopic (exact) mass is 162 g/mol. The summed E-state index contributed by atoms with van der Waals surface area (Å²) in [5, 5.41) is 8.73. The van der Waals surface area contributed by atoms with Crippen LogP contribution in [0.5, 0.6) is 0 Å². The Labute approximate surface area is 63.8 Å². The van der Waals surface area contributed by atoms with Crippen molar-refractivity contribution < 1.29 is 14.6 Å². The van der Waals surface area contributed by atoms with Crippen molar-refractivity contribution in [1.29, 1.82) is 0 Å². The number of aliphatic carboxylic acids is 1. The van der Waals surface area contributed by atoms with Crippen LogP contribution in [0.1, 0.15) is 6.42 Å². The zero-order chi connectivity index (χ0) is 7.40. The molecule has 1 heterocycles. The van der Waals surface area contributed by atoms with Gasteiger partial charge in [-0.15, -0.1) is 11.8 Å². The molecule has 0 saturated carbocycles. The first-order valence-electron chi connectivity index (χ1n) is 3.20. The summed E-state index contributed by atoms with van der Waals surface area (Å²) in [6, 6.07) is 0. The third-order valence-corrected chi connectivity index (χ3v) is 2.59. The van der Waals surface area contributed by atoms with Gasteiger partial charge >= 0.3 is 5.97 Å². The van der Waals surface area contributed by atoms with Crippen LogP contribution >= 0.6 is 11.8 Å². The average molecular weight is 162 g/mol. The molecule has 3 nitrogen and oxygen atoms in total. The summed E-state index contributed by atoms with van der Waals surface area (Å²) in [6.07, 6.45) is 0.998. The lowest BCUT2D eigenvalue weighted by Crippen LogP contribution is -2.07. The quantitative estimate of drug-likeness (QED) is 0.660. The van der Waals surface area contributed by atoms with E-state index < -0.39 is 5.97 Å². The number of rotatable bonds is 3. The summed E-state index contributed by atoms with van der Waals surface area (Å²) in [7, 11) is 0. The summed E-state index contributed by atoms with van der Waals surface area (Å²) in [6.45, 7) is 1.51. The molecule has 1 atom stereocenters. The molecular weight excluding hydrogens is 152 g/mol. The van der Waals surface area contributed by atoms with Crippen molar-refractivity contribution in [3.63, 3.8) is 0 Å². The molecule has 0 aromatic heterocycles. The smallest absolute Gasteiger partial charge is 0.313 e. The van der Waals surface area contributed by atoms with Gasteiger partial charge in [0.1, 0.15) is 0 Å². The van der Waals surface area contributed by atoms with Gasteiger partial charge in [-0.1, -0.05) is 0 Å². The first kappa shape index (κ1) is 7.88. The van der Waals surface area contributed by atoms with Crippen LogP contribution in [-0.2, 0) is 9.53 Å². The van der Waals surface area contributed by atoms with Crippen molar-refractivity contribution >= 4 is 17.7 Å². The van der Waals surface area contributed by atoms with Crippen LogP contribution in [0, 0.1) is 0 Å². The summed E-state index contributed by atoms with van der Waals surface area (Å²) >= 11 is 1.47. The first-order valence-corrected chi connectivity index (χ1v) is 4.25. The van der Waals surface area contributed by atoms with E-state index in [2.05, 4.69) is 0 Å². The number of hydrogen-bond donors (Lipinski definition) is 1. The Morgan fingerprint density at radius 1 is 1.80 bits per heavy atom. The fourth-order valence-corrected chi connectivity index (χ4v) is 1.67. The second kappa shape index (κ2) is 3.83. The molecule has 1 rings (SSSR count). The van der Waals surface area contributed by atoms with Crippen molar-refractivity contribution in [1.82, 2.24) is 0 Å². The first-order chi connectivity index (χ1) is 4.79. The van der Waals surface area contributed by atoms with E-state index in [-0.39, 0.29) is 5.75 Å². The largest absolute Gasteiger partial charge is 0.481 e.